The molecule has 3 rings (SSSR count). The minimum absolute atomic E-state index is 0.124. The van der Waals surface area contributed by atoms with E-state index < -0.39 is 0 Å². The first-order valence-electron chi connectivity index (χ1n) is 7.93. The summed E-state index contributed by atoms with van der Waals surface area (Å²) in [5.74, 6) is 0.857. The molecule has 0 bridgehead atoms. The van der Waals surface area contributed by atoms with Crippen LogP contribution < -0.4 is 5.32 Å². The fourth-order valence-corrected chi connectivity index (χ4v) is 3.95. The SMILES string of the molecule is Cc1cc(Cl)cc(C(=O)N2CCC(C3CCCN3)CC2)c1. The zero-order valence-corrected chi connectivity index (χ0v) is 13.3. The molecule has 0 spiro atoms. The lowest BCUT2D eigenvalue weighted by Gasteiger charge is -2.35. The predicted octanol–water partition coefficient (Wildman–Crippen LogP) is 3.25. The smallest absolute Gasteiger partial charge is 0.253 e. The van der Waals surface area contributed by atoms with Gasteiger partial charge in [-0.3, -0.25) is 4.79 Å². The van der Waals surface area contributed by atoms with Gasteiger partial charge in [-0.15, -0.1) is 0 Å². The van der Waals surface area contributed by atoms with Crippen molar-refractivity contribution in [2.24, 2.45) is 5.92 Å². The van der Waals surface area contributed by atoms with Gasteiger partial charge < -0.3 is 10.2 Å². The molecule has 1 aromatic rings. The number of hydrogen-bond acceptors (Lipinski definition) is 2. The Morgan fingerprint density at radius 1 is 1.24 bits per heavy atom. The van der Waals surface area contributed by atoms with Gasteiger partial charge in [-0.25, -0.2) is 0 Å². The van der Waals surface area contributed by atoms with Crippen molar-refractivity contribution in [1.82, 2.24) is 10.2 Å². The summed E-state index contributed by atoms with van der Waals surface area (Å²) < 4.78 is 0. The van der Waals surface area contributed by atoms with E-state index >= 15 is 0 Å². The number of nitrogens with one attached hydrogen (secondary N) is 1. The van der Waals surface area contributed by atoms with Crippen molar-refractivity contribution in [3.05, 3.63) is 34.3 Å². The van der Waals surface area contributed by atoms with Gasteiger partial charge in [-0.2, -0.15) is 0 Å². The van der Waals surface area contributed by atoms with Gasteiger partial charge in [0.1, 0.15) is 0 Å². The Kier molecular flexibility index (Phi) is 4.51. The van der Waals surface area contributed by atoms with Crippen molar-refractivity contribution in [2.75, 3.05) is 19.6 Å². The number of halogens is 1. The summed E-state index contributed by atoms with van der Waals surface area (Å²) in [5.41, 5.74) is 1.76. The first-order chi connectivity index (χ1) is 10.1. The highest BCUT2D eigenvalue weighted by Gasteiger charge is 2.30. The number of benzene rings is 1. The molecule has 1 atom stereocenters. The Hall–Kier alpha value is -1.06. The Balaban J connectivity index is 1.62. The summed E-state index contributed by atoms with van der Waals surface area (Å²) in [5, 5.41) is 4.24. The molecule has 1 N–H and O–H groups in total. The lowest BCUT2D eigenvalue weighted by atomic mass is 9.88. The molecule has 0 saturated carbocycles. The number of carbonyl (C=O) groups excluding carboxylic acids is 1. The fraction of sp³-hybridized carbons (Fsp3) is 0.588. The lowest BCUT2D eigenvalue weighted by Crippen LogP contribution is -2.43. The molecular weight excluding hydrogens is 284 g/mol. The van der Waals surface area contributed by atoms with Crippen molar-refractivity contribution in [2.45, 2.75) is 38.6 Å². The van der Waals surface area contributed by atoms with Gasteiger partial charge in [0.15, 0.2) is 0 Å². The van der Waals surface area contributed by atoms with E-state index in [9.17, 15) is 4.79 Å². The van der Waals surface area contributed by atoms with Crippen LogP contribution >= 0.6 is 11.6 Å². The van der Waals surface area contributed by atoms with Gasteiger partial charge in [0, 0.05) is 29.7 Å². The van der Waals surface area contributed by atoms with Crippen molar-refractivity contribution < 1.29 is 4.79 Å². The van der Waals surface area contributed by atoms with Gasteiger partial charge in [0.05, 0.1) is 0 Å². The summed E-state index contributed by atoms with van der Waals surface area (Å²) in [7, 11) is 0. The summed E-state index contributed by atoms with van der Waals surface area (Å²) in [6.45, 7) is 4.87. The second kappa shape index (κ2) is 6.37. The molecule has 2 heterocycles. The number of nitrogens with zero attached hydrogens (tertiary/aromatic N) is 1. The highest BCUT2D eigenvalue weighted by Crippen LogP contribution is 2.26. The van der Waals surface area contributed by atoms with Crippen LogP contribution in [0.5, 0.6) is 0 Å². The average Bonchev–Trinajstić information content (AvgIpc) is 3.00. The number of amides is 1. The summed E-state index contributed by atoms with van der Waals surface area (Å²) in [6.07, 6.45) is 4.82. The van der Waals surface area contributed by atoms with Crippen LogP contribution in [-0.2, 0) is 0 Å². The van der Waals surface area contributed by atoms with Crippen LogP contribution in [0.15, 0.2) is 18.2 Å². The van der Waals surface area contributed by atoms with Crippen molar-refractivity contribution >= 4 is 17.5 Å². The number of aryl methyl sites for hydroxylation is 1. The summed E-state index contributed by atoms with van der Waals surface area (Å²) in [6, 6.07) is 6.27. The highest BCUT2D eigenvalue weighted by molar-refractivity contribution is 6.31. The Bertz CT molecular complexity index is 497. The number of likely N-dealkylation sites (tertiary alicyclic amines) is 1. The normalized spacial score (nSPS) is 23.5. The van der Waals surface area contributed by atoms with Gasteiger partial charge in [0.25, 0.3) is 5.91 Å². The molecule has 21 heavy (non-hydrogen) atoms. The lowest BCUT2D eigenvalue weighted by molar-refractivity contribution is 0.0674. The van der Waals surface area contributed by atoms with Crippen molar-refractivity contribution in [3.63, 3.8) is 0 Å². The number of carbonyl (C=O) groups is 1. The monoisotopic (exact) mass is 306 g/mol. The van der Waals surface area contributed by atoms with E-state index in [0.29, 0.717) is 11.1 Å². The molecule has 0 aliphatic carbocycles. The van der Waals surface area contributed by atoms with E-state index in [-0.39, 0.29) is 5.91 Å². The molecular formula is C17H23ClN2O. The molecule has 0 aromatic heterocycles. The van der Waals surface area contributed by atoms with E-state index in [4.69, 9.17) is 11.6 Å². The molecule has 1 aromatic carbocycles. The third-order valence-corrected chi connectivity index (χ3v) is 5.00. The number of hydrogen-bond donors (Lipinski definition) is 1. The van der Waals surface area contributed by atoms with Gasteiger partial charge in [-0.05, 0) is 68.8 Å². The Morgan fingerprint density at radius 3 is 2.62 bits per heavy atom. The van der Waals surface area contributed by atoms with E-state index in [1.54, 1.807) is 6.07 Å². The molecule has 1 unspecified atom stereocenters. The Labute approximate surface area is 131 Å². The maximum Gasteiger partial charge on any atom is 0.253 e. The predicted molar refractivity (Wildman–Crippen MR) is 85.8 cm³/mol. The number of rotatable bonds is 2. The second-order valence-corrected chi connectivity index (χ2v) is 6.79. The van der Waals surface area contributed by atoms with Crippen LogP contribution in [0.4, 0.5) is 0 Å². The largest absolute Gasteiger partial charge is 0.339 e. The third kappa shape index (κ3) is 3.41. The van der Waals surface area contributed by atoms with Gasteiger partial charge >= 0.3 is 0 Å². The van der Waals surface area contributed by atoms with E-state index in [2.05, 4.69) is 5.32 Å². The second-order valence-electron chi connectivity index (χ2n) is 6.35. The van der Waals surface area contributed by atoms with Crippen LogP contribution in [0.25, 0.3) is 0 Å². The molecule has 2 saturated heterocycles. The van der Waals surface area contributed by atoms with Crippen molar-refractivity contribution in [3.8, 4) is 0 Å². The zero-order chi connectivity index (χ0) is 14.8. The molecule has 2 aliphatic rings. The molecule has 3 nitrogen and oxygen atoms in total. The van der Waals surface area contributed by atoms with Crippen LogP contribution in [0, 0.1) is 12.8 Å². The molecule has 4 heteroatoms. The first kappa shape index (κ1) is 14.9. The molecule has 0 radical (unpaired) electrons. The first-order valence-corrected chi connectivity index (χ1v) is 8.31. The van der Waals surface area contributed by atoms with Crippen LogP contribution in [0.1, 0.15) is 41.6 Å². The maximum absolute atomic E-state index is 12.6. The van der Waals surface area contributed by atoms with Crippen LogP contribution in [0.2, 0.25) is 5.02 Å². The summed E-state index contributed by atoms with van der Waals surface area (Å²) >= 11 is 6.06. The van der Waals surface area contributed by atoms with E-state index in [1.165, 1.54) is 12.8 Å². The maximum atomic E-state index is 12.6. The van der Waals surface area contributed by atoms with Crippen LogP contribution in [-0.4, -0.2) is 36.5 Å². The minimum atomic E-state index is 0.124. The minimum Gasteiger partial charge on any atom is -0.339 e. The molecule has 2 aliphatic heterocycles. The number of piperidine rings is 1. The average molecular weight is 307 g/mol. The standard InChI is InChI=1S/C17H23ClN2O/c1-12-9-14(11-15(18)10-12)17(21)20-7-4-13(5-8-20)16-3-2-6-19-16/h9-11,13,16,19H,2-8H2,1H3. The topological polar surface area (TPSA) is 32.3 Å². The van der Waals surface area contributed by atoms with E-state index in [1.807, 2.05) is 24.0 Å². The molecule has 2 fully saturated rings. The Morgan fingerprint density at radius 2 is 2.00 bits per heavy atom. The molecule has 114 valence electrons. The molecule has 1 amide bonds. The van der Waals surface area contributed by atoms with Crippen molar-refractivity contribution in [1.29, 1.82) is 0 Å². The third-order valence-electron chi connectivity index (χ3n) is 4.78. The quantitative estimate of drug-likeness (QED) is 0.909. The van der Waals surface area contributed by atoms with Gasteiger partial charge in [0.2, 0.25) is 0 Å². The van der Waals surface area contributed by atoms with Crippen LogP contribution in [0.3, 0.4) is 0 Å². The van der Waals surface area contributed by atoms with Gasteiger partial charge in [-0.1, -0.05) is 11.6 Å². The zero-order valence-electron chi connectivity index (χ0n) is 12.6. The highest BCUT2D eigenvalue weighted by atomic mass is 35.5. The summed E-state index contributed by atoms with van der Waals surface area (Å²) in [4.78, 5) is 14.6. The fourth-order valence-electron chi connectivity index (χ4n) is 3.66. The van der Waals surface area contributed by atoms with E-state index in [0.717, 1.165) is 49.5 Å².